The van der Waals surface area contributed by atoms with Crippen molar-refractivity contribution < 1.29 is 52.7 Å². The van der Waals surface area contributed by atoms with Crippen LogP contribution in [0.3, 0.4) is 0 Å². The molecule has 3 aromatic rings. The van der Waals surface area contributed by atoms with Crippen LogP contribution in [-0.4, -0.2) is 98.5 Å². The molecule has 0 saturated carbocycles. The number of anilines is 1. The fourth-order valence-electron chi connectivity index (χ4n) is 4.45. The van der Waals surface area contributed by atoms with Gasteiger partial charge in [0, 0.05) is 26.5 Å². The zero-order valence-corrected chi connectivity index (χ0v) is 25.7. The third-order valence-electron chi connectivity index (χ3n) is 6.28. The number of hydrogen-bond donors (Lipinski definition) is 2. The maximum Gasteiger partial charge on any atom is 0.338 e. The van der Waals surface area contributed by atoms with E-state index in [1.165, 1.54) is 31.7 Å². The number of imidazole rings is 1. The molecule has 3 N–H and O–H groups in total. The minimum Gasteiger partial charge on any atom is -0.491 e. The summed E-state index contributed by atoms with van der Waals surface area (Å²) in [6.07, 6.45) is -4.31. The van der Waals surface area contributed by atoms with Gasteiger partial charge in [0.05, 0.1) is 18.3 Å². The van der Waals surface area contributed by atoms with Gasteiger partial charge in [-0.3, -0.25) is 19.0 Å². The van der Waals surface area contributed by atoms with E-state index in [1.54, 1.807) is 31.2 Å². The first kappa shape index (κ1) is 33.4. The number of thioether (sulfide) groups is 1. The molecule has 2 aromatic heterocycles. The lowest BCUT2D eigenvalue weighted by Gasteiger charge is -2.24. The quantitative estimate of drug-likeness (QED) is 0.152. The average molecular weight is 648 g/mol. The van der Waals surface area contributed by atoms with Crippen LogP contribution in [0, 0.1) is 0 Å². The van der Waals surface area contributed by atoms with Crippen molar-refractivity contribution in [2.75, 3.05) is 31.3 Å². The molecule has 242 valence electrons. The van der Waals surface area contributed by atoms with E-state index in [4.69, 9.17) is 34.2 Å². The number of carbonyl (C=O) groups is 4. The highest BCUT2D eigenvalue weighted by molar-refractivity contribution is 7.99. The number of nitrogens with two attached hydrogens (primary N) is 1. The second-order valence-electron chi connectivity index (χ2n) is 9.73. The zero-order valence-electron chi connectivity index (χ0n) is 24.9. The Morgan fingerprint density at radius 3 is 2.36 bits per heavy atom. The zero-order chi connectivity index (χ0) is 32.7. The normalized spacial score (nSPS) is 19.9. The Morgan fingerprint density at radius 2 is 1.71 bits per heavy atom. The molecule has 16 nitrogen and oxygen atoms in total. The van der Waals surface area contributed by atoms with E-state index in [0.717, 1.165) is 11.8 Å². The monoisotopic (exact) mass is 647 g/mol. The maximum absolute atomic E-state index is 12.2. The van der Waals surface area contributed by atoms with Crippen LogP contribution in [-0.2, 0) is 38.1 Å². The Labute approximate surface area is 261 Å². The van der Waals surface area contributed by atoms with Crippen molar-refractivity contribution in [3.63, 3.8) is 0 Å². The summed E-state index contributed by atoms with van der Waals surface area (Å²) >= 11 is 1.10. The first-order valence-corrected chi connectivity index (χ1v) is 14.8. The fraction of sp³-hybridized carbons (Fsp3) is 0.464. The van der Waals surface area contributed by atoms with Crippen molar-refractivity contribution in [2.45, 2.75) is 63.5 Å². The highest BCUT2D eigenvalue weighted by Gasteiger charge is 2.51. The number of nitrogen functional groups attached to an aromatic ring is 1. The summed E-state index contributed by atoms with van der Waals surface area (Å²) in [6, 6.07) is 6.29. The Morgan fingerprint density at radius 1 is 1.02 bits per heavy atom. The number of carbonyl (C=O) groups excluding carboxylic acids is 4. The molecule has 17 heteroatoms. The number of fused-ring (bicyclic) bond motifs is 1. The molecule has 1 aromatic carbocycles. The van der Waals surface area contributed by atoms with Gasteiger partial charge in [-0.15, -0.1) is 0 Å². The van der Waals surface area contributed by atoms with Gasteiger partial charge in [-0.2, -0.15) is 0 Å². The SMILES string of the molecule is CCOC(=O)c1ccc(OC[C@@H](O)CSc2nc3c(N)ncnc3n2[C@@H]2O[C@H](COC(C)=O)[C@@H](OC(C)=O)[C@H]2OC(C)=O)cc1. The topological polar surface area (TPSA) is 214 Å². The van der Waals surface area contributed by atoms with Crippen molar-refractivity contribution >= 4 is 52.6 Å². The molecule has 45 heavy (non-hydrogen) atoms. The van der Waals surface area contributed by atoms with Crippen molar-refractivity contribution in [3.8, 4) is 5.75 Å². The van der Waals surface area contributed by atoms with Crippen LogP contribution < -0.4 is 10.5 Å². The van der Waals surface area contributed by atoms with Crippen molar-refractivity contribution in [1.29, 1.82) is 0 Å². The molecule has 3 heterocycles. The number of nitrogens with zero attached hydrogens (tertiary/aromatic N) is 4. The van der Waals surface area contributed by atoms with Crippen LogP contribution in [0.2, 0.25) is 0 Å². The lowest BCUT2D eigenvalue weighted by molar-refractivity contribution is -0.166. The molecule has 0 radical (unpaired) electrons. The number of hydrogen-bond acceptors (Lipinski definition) is 16. The molecule has 0 aliphatic carbocycles. The van der Waals surface area contributed by atoms with Gasteiger partial charge < -0.3 is 39.3 Å². The molecule has 1 aliphatic rings. The van der Waals surface area contributed by atoms with Crippen molar-refractivity contribution in [2.24, 2.45) is 0 Å². The summed E-state index contributed by atoms with van der Waals surface area (Å²) in [4.78, 5) is 60.4. The molecule has 5 atom stereocenters. The third-order valence-corrected chi connectivity index (χ3v) is 7.38. The molecule has 0 unspecified atom stereocenters. The third kappa shape index (κ3) is 8.37. The van der Waals surface area contributed by atoms with E-state index in [9.17, 15) is 24.3 Å². The highest BCUT2D eigenvalue weighted by Crippen LogP contribution is 2.39. The van der Waals surface area contributed by atoms with Crippen LogP contribution >= 0.6 is 11.8 Å². The number of benzene rings is 1. The number of aliphatic hydroxyl groups excluding tert-OH is 1. The van der Waals surface area contributed by atoms with Gasteiger partial charge in [-0.1, -0.05) is 11.8 Å². The van der Waals surface area contributed by atoms with E-state index < -0.39 is 54.5 Å². The number of esters is 4. The standard InChI is InChI=1S/C28H33N5O11S/c1-5-39-27(38)17-6-8-19(9-7-17)41-10-18(37)12-45-28-32-21-24(29)30-13-31-25(21)33(28)26-23(43-16(4)36)22(42-15(3)35)20(44-26)11-40-14(2)34/h6-9,13,18,20,22-23,26,37H,5,10-12H2,1-4H3,(H2,29,30,31)/t18-,20-,22-,23-,26-/m1/s1. The summed E-state index contributed by atoms with van der Waals surface area (Å²) in [6.45, 7) is 5.15. The van der Waals surface area contributed by atoms with Crippen LogP contribution in [0.1, 0.15) is 44.3 Å². The molecule has 1 fully saturated rings. The van der Waals surface area contributed by atoms with E-state index in [-0.39, 0.29) is 47.7 Å². The Kier molecular flexibility index (Phi) is 11.1. The lowest BCUT2D eigenvalue weighted by atomic mass is 10.1. The Hall–Kier alpha value is -4.48. The summed E-state index contributed by atoms with van der Waals surface area (Å²) in [5.41, 5.74) is 6.88. The summed E-state index contributed by atoms with van der Waals surface area (Å²) in [5.74, 6) is -1.84. The predicted octanol–water partition coefficient (Wildman–Crippen LogP) is 1.44. The van der Waals surface area contributed by atoms with Gasteiger partial charge in [0.15, 0.2) is 40.6 Å². The number of aliphatic hydroxyl groups is 1. The van der Waals surface area contributed by atoms with E-state index in [2.05, 4.69) is 15.0 Å². The van der Waals surface area contributed by atoms with E-state index in [0.29, 0.717) is 11.3 Å². The molecular weight excluding hydrogens is 614 g/mol. The molecular formula is C28H33N5O11S. The van der Waals surface area contributed by atoms with E-state index >= 15 is 0 Å². The van der Waals surface area contributed by atoms with Crippen molar-refractivity contribution in [3.05, 3.63) is 36.2 Å². The van der Waals surface area contributed by atoms with Crippen LogP contribution in [0.25, 0.3) is 11.2 Å². The molecule has 0 amide bonds. The summed E-state index contributed by atoms with van der Waals surface area (Å²) in [7, 11) is 0. The van der Waals surface area contributed by atoms with E-state index in [1.807, 2.05) is 0 Å². The minimum absolute atomic E-state index is 0.0609. The molecule has 0 spiro atoms. The van der Waals surface area contributed by atoms with Gasteiger partial charge in [-0.25, -0.2) is 19.7 Å². The lowest BCUT2D eigenvalue weighted by Crippen LogP contribution is -2.40. The smallest absolute Gasteiger partial charge is 0.338 e. The number of ether oxygens (including phenoxy) is 6. The average Bonchev–Trinajstić information content (AvgIpc) is 3.51. The summed E-state index contributed by atoms with van der Waals surface area (Å²) < 4.78 is 34.5. The Balaban J connectivity index is 1.57. The molecule has 4 rings (SSSR count). The van der Waals surface area contributed by atoms with Crippen LogP contribution in [0.5, 0.6) is 5.75 Å². The largest absolute Gasteiger partial charge is 0.491 e. The predicted molar refractivity (Wildman–Crippen MR) is 156 cm³/mol. The van der Waals surface area contributed by atoms with Gasteiger partial charge in [-0.05, 0) is 31.2 Å². The molecule has 1 saturated heterocycles. The second kappa shape index (κ2) is 15.0. The second-order valence-corrected chi connectivity index (χ2v) is 10.7. The fourth-order valence-corrected chi connectivity index (χ4v) is 5.37. The van der Waals surface area contributed by atoms with Crippen LogP contribution in [0.15, 0.2) is 35.7 Å². The first-order chi connectivity index (χ1) is 21.5. The Bertz CT molecular complexity index is 1530. The van der Waals surface area contributed by atoms with Gasteiger partial charge in [0.1, 0.15) is 31.4 Å². The summed E-state index contributed by atoms with van der Waals surface area (Å²) in [5, 5.41) is 11.0. The number of rotatable bonds is 13. The first-order valence-electron chi connectivity index (χ1n) is 13.8. The molecule has 1 aliphatic heterocycles. The van der Waals surface area contributed by atoms with Gasteiger partial charge in [0.25, 0.3) is 0 Å². The highest BCUT2D eigenvalue weighted by atomic mass is 32.2. The van der Waals surface area contributed by atoms with Crippen molar-refractivity contribution in [1.82, 2.24) is 19.5 Å². The van der Waals surface area contributed by atoms with Gasteiger partial charge in [0.2, 0.25) is 0 Å². The van der Waals surface area contributed by atoms with Crippen LogP contribution in [0.4, 0.5) is 5.82 Å². The minimum atomic E-state index is -1.20. The number of aromatic nitrogens is 4. The van der Waals surface area contributed by atoms with Gasteiger partial charge >= 0.3 is 23.9 Å². The molecule has 0 bridgehead atoms. The maximum atomic E-state index is 12.2.